The van der Waals surface area contributed by atoms with E-state index in [1.54, 1.807) is 0 Å². The highest BCUT2D eigenvalue weighted by atomic mass is 16.5. The summed E-state index contributed by atoms with van der Waals surface area (Å²) in [5, 5.41) is 12.3. The van der Waals surface area contributed by atoms with Gasteiger partial charge in [0.25, 0.3) is 0 Å². The number of ether oxygens (including phenoxy) is 1. The van der Waals surface area contributed by atoms with Gasteiger partial charge in [-0.2, -0.15) is 0 Å². The summed E-state index contributed by atoms with van der Waals surface area (Å²) in [5.74, 6) is 0.415. The van der Waals surface area contributed by atoms with Crippen molar-refractivity contribution >= 4 is 5.71 Å². The SMILES string of the molecule is CCC1CN(CCOC(C)C)CCC1=NO. The van der Waals surface area contributed by atoms with Crippen molar-refractivity contribution in [2.24, 2.45) is 11.1 Å². The van der Waals surface area contributed by atoms with Crippen LogP contribution < -0.4 is 0 Å². The molecule has 16 heavy (non-hydrogen) atoms. The number of hydrogen-bond acceptors (Lipinski definition) is 4. The minimum absolute atomic E-state index is 0.307. The van der Waals surface area contributed by atoms with Crippen LogP contribution in [0.4, 0.5) is 0 Å². The molecule has 1 aliphatic heterocycles. The molecule has 0 saturated carbocycles. The highest BCUT2D eigenvalue weighted by molar-refractivity contribution is 5.87. The summed E-state index contributed by atoms with van der Waals surface area (Å²) >= 11 is 0. The van der Waals surface area contributed by atoms with Crippen molar-refractivity contribution in [2.75, 3.05) is 26.2 Å². The van der Waals surface area contributed by atoms with Gasteiger partial charge in [0.2, 0.25) is 0 Å². The van der Waals surface area contributed by atoms with Gasteiger partial charge in [0.05, 0.1) is 18.4 Å². The Kier molecular flexibility index (Phi) is 5.77. The van der Waals surface area contributed by atoms with Crippen LogP contribution >= 0.6 is 0 Å². The van der Waals surface area contributed by atoms with Gasteiger partial charge in [-0.1, -0.05) is 12.1 Å². The molecule has 1 unspecified atom stereocenters. The van der Waals surface area contributed by atoms with Crippen LogP contribution in [0.5, 0.6) is 0 Å². The number of oxime groups is 1. The Morgan fingerprint density at radius 1 is 1.56 bits per heavy atom. The molecular formula is C12H24N2O2. The fraction of sp³-hybridized carbons (Fsp3) is 0.917. The molecule has 94 valence electrons. The third-order valence-corrected chi connectivity index (χ3v) is 3.11. The van der Waals surface area contributed by atoms with E-state index in [4.69, 9.17) is 9.94 Å². The highest BCUT2D eigenvalue weighted by Gasteiger charge is 2.24. The molecule has 1 fully saturated rings. The quantitative estimate of drug-likeness (QED) is 0.578. The number of likely N-dealkylation sites (tertiary alicyclic amines) is 1. The lowest BCUT2D eigenvalue weighted by Gasteiger charge is -2.32. The third kappa shape index (κ3) is 4.10. The van der Waals surface area contributed by atoms with E-state index in [0.29, 0.717) is 12.0 Å². The fourth-order valence-electron chi connectivity index (χ4n) is 2.10. The predicted octanol–water partition coefficient (Wildman–Crippen LogP) is 1.97. The Morgan fingerprint density at radius 2 is 2.31 bits per heavy atom. The zero-order chi connectivity index (χ0) is 12.0. The molecule has 0 aromatic heterocycles. The first-order valence-electron chi connectivity index (χ1n) is 6.22. The second-order valence-electron chi connectivity index (χ2n) is 4.67. The van der Waals surface area contributed by atoms with Crippen molar-refractivity contribution in [1.29, 1.82) is 0 Å². The van der Waals surface area contributed by atoms with E-state index >= 15 is 0 Å². The van der Waals surface area contributed by atoms with Gasteiger partial charge in [0, 0.05) is 32.0 Å². The zero-order valence-corrected chi connectivity index (χ0v) is 10.6. The van der Waals surface area contributed by atoms with E-state index in [1.807, 2.05) is 0 Å². The summed E-state index contributed by atoms with van der Waals surface area (Å²) in [4.78, 5) is 2.39. The molecule has 4 heteroatoms. The normalized spacial score (nSPS) is 25.5. The second kappa shape index (κ2) is 6.86. The maximum absolute atomic E-state index is 8.87. The molecular weight excluding hydrogens is 204 g/mol. The van der Waals surface area contributed by atoms with Crippen molar-refractivity contribution in [3.05, 3.63) is 0 Å². The van der Waals surface area contributed by atoms with Gasteiger partial charge in [0.15, 0.2) is 0 Å². The topological polar surface area (TPSA) is 45.1 Å². The lowest BCUT2D eigenvalue weighted by Crippen LogP contribution is -2.42. The van der Waals surface area contributed by atoms with Crippen LogP contribution in [0, 0.1) is 5.92 Å². The van der Waals surface area contributed by atoms with Gasteiger partial charge < -0.3 is 14.8 Å². The van der Waals surface area contributed by atoms with Gasteiger partial charge >= 0.3 is 0 Å². The summed E-state index contributed by atoms with van der Waals surface area (Å²) in [6.07, 6.45) is 2.23. The van der Waals surface area contributed by atoms with Crippen LogP contribution in [0.25, 0.3) is 0 Å². The molecule has 1 heterocycles. The van der Waals surface area contributed by atoms with Crippen LogP contribution in [0.3, 0.4) is 0 Å². The standard InChI is InChI=1S/C12H24N2O2/c1-4-11-9-14(6-5-12(11)13-15)7-8-16-10(2)3/h10-11,15H,4-9H2,1-3H3. The van der Waals surface area contributed by atoms with Crippen molar-refractivity contribution in [2.45, 2.75) is 39.7 Å². The predicted molar refractivity (Wildman–Crippen MR) is 65.1 cm³/mol. The van der Waals surface area contributed by atoms with E-state index in [-0.39, 0.29) is 0 Å². The van der Waals surface area contributed by atoms with Crippen LogP contribution in [0.15, 0.2) is 5.16 Å². The number of rotatable bonds is 5. The summed E-state index contributed by atoms with van der Waals surface area (Å²) in [6.45, 7) is 10.0. The van der Waals surface area contributed by atoms with E-state index in [9.17, 15) is 0 Å². The first-order valence-corrected chi connectivity index (χ1v) is 6.22. The molecule has 0 spiro atoms. The van der Waals surface area contributed by atoms with Crippen LogP contribution in [-0.2, 0) is 4.74 Å². The fourth-order valence-corrected chi connectivity index (χ4v) is 2.10. The molecule has 1 aliphatic rings. The molecule has 1 saturated heterocycles. The minimum Gasteiger partial charge on any atom is -0.411 e. The average Bonchev–Trinajstić information content (AvgIpc) is 2.28. The Bertz CT molecular complexity index is 229. The summed E-state index contributed by atoms with van der Waals surface area (Å²) in [6, 6.07) is 0. The Labute approximate surface area is 98.3 Å². The lowest BCUT2D eigenvalue weighted by atomic mass is 9.93. The van der Waals surface area contributed by atoms with Crippen molar-refractivity contribution in [3.8, 4) is 0 Å². The average molecular weight is 228 g/mol. The third-order valence-electron chi connectivity index (χ3n) is 3.11. The number of nitrogens with zero attached hydrogens (tertiary/aromatic N) is 2. The van der Waals surface area contributed by atoms with Gasteiger partial charge in [-0.05, 0) is 20.3 Å². The van der Waals surface area contributed by atoms with Gasteiger partial charge in [0.1, 0.15) is 0 Å². The molecule has 4 nitrogen and oxygen atoms in total. The molecule has 0 aromatic carbocycles. The van der Waals surface area contributed by atoms with E-state index in [0.717, 1.165) is 44.8 Å². The van der Waals surface area contributed by atoms with E-state index < -0.39 is 0 Å². The largest absolute Gasteiger partial charge is 0.411 e. The number of hydrogen-bond donors (Lipinski definition) is 1. The zero-order valence-electron chi connectivity index (χ0n) is 10.6. The first-order chi connectivity index (χ1) is 7.67. The molecule has 1 atom stereocenters. The molecule has 1 N–H and O–H groups in total. The number of piperidine rings is 1. The summed E-state index contributed by atoms with van der Waals surface area (Å²) in [5.41, 5.74) is 0.962. The van der Waals surface area contributed by atoms with Gasteiger partial charge in [-0.3, -0.25) is 0 Å². The van der Waals surface area contributed by atoms with E-state index in [2.05, 4.69) is 30.8 Å². The highest BCUT2D eigenvalue weighted by Crippen LogP contribution is 2.17. The molecule has 0 aromatic rings. The maximum atomic E-state index is 8.87. The van der Waals surface area contributed by atoms with Crippen LogP contribution in [0.2, 0.25) is 0 Å². The monoisotopic (exact) mass is 228 g/mol. The maximum Gasteiger partial charge on any atom is 0.0627 e. The van der Waals surface area contributed by atoms with Crippen molar-refractivity contribution in [3.63, 3.8) is 0 Å². The first kappa shape index (κ1) is 13.5. The second-order valence-corrected chi connectivity index (χ2v) is 4.67. The van der Waals surface area contributed by atoms with Gasteiger partial charge in [-0.15, -0.1) is 0 Å². The van der Waals surface area contributed by atoms with Crippen LogP contribution in [-0.4, -0.2) is 48.2 Å². The van der Waals surface area contributed by atoms with Crippen molar-refractivity contribution < 1.29 is 9.94 Å². The molecule has 0 aliphatic carbocycles. The Morgan fingerprint density at radius 3 is 2.88 bits per heavy atom. The Hall–Kier alpha value is -0.610. The molecule has 0 amide bonds. The van der Waals surface area contributed by atoms with Gasteiger partial charge in [-0.25, -0.2) is 0 Å². The minimum atomic E-state index is 0.307. The summed E-state index contributed by atoms with van der Waals surface area (Å²) < 4.78 is 5.55. The molecule has 0 radical (unpaired) electrons. The van der Waals surface area contributed by atoms with E-state index in [1.165, 1.54) is 0 Å². The lowest BCUT2D eigenvalue weighted by molar-refractivity contribution is 0.0557. The summed E-state index contributed by atoms with van der Waals surface area (Å²) in [7, 11) is 0. The molecule has 0 bridgehead atoms. The van der Waals surface area contributed by atoms with Crippen LogP contribution in [0.1, 0.15) is 33.6 Å². The smallest absolute Gasteiger partial charge is 0.0627 e. The molecule has 1 rings (SSSR count). The Balaban J connectivity index is 2.31. The van der Waals surface area contributed by atoms with Crippen molar-refractivity contribution in [1.82, 2.24) is 4.90 Å².